The number of halogens is 2. The summed E-state index contributed by atoms with van der Waals surface area (Å²) in [6.45, 7) is 0. The fraction of sp³-hybridized carbons (Fsp3) is 0. The summed E-state index contributed by atoms with van der Waals surface area (Å²) in [5.41, 5.74) is -1.54. The van der Waals surface area contributed by atoms with E-state index < -0.39 is 22.9 Å². The van der Waals surface area contributed by atoms with Crippen LogP contribution in [0.1, 0.15) is 0 Å². The van der Waals surface area contributed by atoms with Gasteiger partial charge in [-0.05, 0) is 12.1 Å². The van der Waals surface area contributed by atoms with Crippen molar-refractivity contribution in [2.45, 2.75) is 0 Å². The van der Waals surface area contributed by atoms with Crippen LogP contribution in [0.5, 0.6) is 0 Å². The first-order valence-corrected chi connectivity index (χ1v) is 4.35. The molecule has 6 heteroatoms. The van der Waals surface area contributed by atoms with E-state index in [4.69, 9.17) is 0 Å². The molecule has 82 valence electrons. The van der Waals surface area contributed by atoms with Crippen LogP contribution in [0.4, 0.5) is 8.78 Å². The zero-order chi connectivity index (χ0) is 11.7. The number of hydrogen-bond donors (Lipinski definition) is 2. The molecule has 0 fully saturated rings. The molecule has 4 nitrogen and oxygen atoms in total. The summed E-state index contributed by atoms with van der Waals surface area (Å²) in [4.78, 5) is 26.3. The van der Waals surface area contributed by atoms with Crippen LogP contribution in [-0.4, -0.2) is 9.97 Å². The maximum Gasteiger partial charge on any atom is 0.325 e. The van der Waals surface area contributed by atoms with E-state index in [9.17, 15) is 18.4 Å². The highest BCUT2D eigenvalue weighted by Gasteiger charge is 2.09. The van der Waals surface area contributed by atoms with E-state index in [0.717, 1.165) is 18.3 Å². The minimum Gasteiger partial charge on any atom is -0.313 e. The van der Waals surface area contributed by atoms with E-state index in [1.165, 1.54) is 0 Å². The predicted molar refractivity (Wildman–Crippen MR) is 53.0 cm³/mol. The summed E-state index contributed by atoms with van der Waals surface area (Å²) in [6, 6.07) is 2.83. The van der Waals surface area contributed by atoms with Gasteiger partial charge in [0.2, 0.25) is 0 Å². The number of aromatic amines is 2. The predicted octanol–water partition coefficient (Wildman–Crippen LogP) is 1.01. The van der Waals surface area contributed by atoms with Crippen molar-refractivity contribution in [1.29, 1.82) is 0 Å². The summed E-state index contributed by atoms with van der Waals surface area (Å²) in [5.74, 6) is -1.60. The van der Waals surface area contributed by atoms with Gasteiger partial charge in [0.25, 0.3) is 5.56 Å². The molecule has 0 spiro atoms. The minimum absolute atomic E-state index is 0.0582. The molecule has 1 aromatic carbocycles. The van der Waals surface area contributed by atoms with Gasteiger partial charge >= 0.3 is 5.69 Å². The lowest BCUT2D eigenvalue weighted by Crippen LogP contribution is -2.22. The molecule has 16 heavy (non-hydrogen) atoms. The van der Waals surface area contributed by atoms with Gasteiger partial charge in [-0.3, -0.25) is 9.78 Å². The minimum atomic E-state index is -0.863. The molecule has 0 aliphatic heterocycles. The maximum absolute atomic E-state index is 13.3. The fourth-order valence-electron chi connectivity index (χ4n) is 1.32. The lowest BCUT2D eigenvalue weighted by Gasteiger charge is -2.01. The van der Waals surface area contributed by atoms with Crippen molar-refractivity contribution >= 4 is 0 Å². The van der Waals surface area contributed by atoms with Crippen molar-refractivity contribution in [3.63, 3.8) is 0 Å². The largest absolute Gasteiger partial charge is 0.325 e. The summed E-state index contributed by atoms with van der Waals surface area (Å²) >= 11 is 0. The zero-order valence-corrected chi connectivity index (χ0v) is 7.88. The van der Waals surface area contributed by atoms with E-state index in [1.807, 2.05) is 4.98 Å². The normalized spacial score (nSPS) is 10.4. The molecule has 0 saturated heterocycles. The molecule has 0 atom stereocenters. The van der Waals surface area contributed by atoms with Crippen molar-refractivity contribution in [2.75, 3.05) is 0 Å². The van der Waals surface area contributed by atoms with Crippen LogP contribution < -0.4 is 11.2 Å². The molecule has 0 aliphatic carbocycles. The Kier molecular flexibility index (Phi) is 2.40. The molecular formula is C10H6F2N2O2. The molecule has 2 N–H and O–H groups in total. The van der Waals surface area contributed by atoms with Crippen LogP contribution in [0.2, 0.25) is 0 Å². The van der Waals surface area contributed by atoms with Crippen LogP contribution in [0, 0.1) is 11.6 Å². The number of hydrogen-bond acceptors (Lipinski definition) is 2. The summed E-state index contributed by atoms with van der Waals surface area (Å²) in [5, 5.41) is 0. The van der Waals surface area contributed by atoms with Gasteiger partial charge in [0, 0.05) is 17.8 Å². The molecule has 2 aromatic rings. The van der Waals surface area contributed by atoms with E-state index in [1.54, 1.807) is 0 Å². The van der Waals surface area contributed by atoms with Crippen LogP contribution in [0.3, 0.4) is 0 Å². The van der Waals surface area contributed by atoms with Gasteiger partial charge in [0.15, 0.2) is 0 Å². The Morgan fingerprint density at radius 1 is 1.06 bits per heavy atom. The lowest BCUT2D eigenvalue weighted by atomic mass is 10.1. The van der Waals surface area contributed by atoms with Crippen molar-refractivity contribution in [3.05, 3.63) is 56.9 Å². The highest BCUT2D eigenvalue weighted by molar-refractivity contribution is 5.61. The monoisotopic (exact) mass is 224 g/mol. The molecule has 0 radical (unpaired) electrons. The second kappa shape index (κ2) is 3.73. The van der Waals surface area contributed by atoms with Gasteiger partial charge in [-0.25, -0.2) is 13.6 Å². The number of nitrogens with one attached hydrogen (secondary N) is 2. The van der Waals surface area contributed by atoms with Gasteiger partial charge in [-0.15, -0.1) is 0 Å². The highest BCUT2D eigenvalue weighted by atomic mass is 19.1. The molecule has 1 heterocycles. The number of rotatable bonds is 1. The Hall–Kier alpha value is -2.24. The van der Waals surface area contributed by atoms with Crippen LogP contribution in [0.25, 0.3) is 11.1 Å². The first-order valence-electron chi connectivity index (χ1n) is 4.35. The van der Waals surface area contributed by atoms with Crippen molar-refractivity contribution in [2.24, 2.45) is 0 Å². The molecule has 0 aliphatic rings. The fourth-order valence-corrected chi connectivity index (χ4v) is 1.32. The van der Waals surface area contributed by atoms with E-state index in [-0.39, 0.29) is 11.1 Å². The third-order valence-corrected chi connectivity index (χ3v) is 2.04. The van der Waals surface area contributed by atoms with Crippen LogP contribution >= 0.6 is 0 Å². The average Bonchev–Trinajstić information content (AvgIpc) is 2.19. The molecule has 2 rings (SSSR count). The van der Waals surface area contributed by atoms with Crippen molar-refractivity contribution in [3.8, 4) is 11.1 Å². The molecule has 0 saturated carbocycles. The smallest absolute Gasteiger partial charge is 0.313 e. The van der Waals surface area contributed by atoms with Gasteiger partial charge in [-0.1, -0.05) is 0 Å². The summed E-state index contributed by atoms with van der Waals surface area (Å²) in [6.07, 6.45) is 1.08. The Morgan fingerprint density at radius 3 is 2.44 bits per heavy atom. The molecule has 0 amide bonds. The number of aromatic nitrogens is 2. The maximum atomic E-state index is 13.3. The lowest BCUT2D eigenvalue weighted by molar-refractivity contribution is 0.585. The van der Waals surface area contributed by atoms with Gasteiger partial charge in [0.1, 0.15) is 11.6 Å². The standard InChI is InChI=1S/C10H6F2N2O2/c11-5-1-2-6(8(12)3-5)7-4-13-10(16)14-9(7)15/h1-4H,(H2,13,14,15,16). The van der Waals surface area contributed by atoms with Crippen molar-refractivity contribution < 1.29 is 8.78 Å². The van der Waals surface area contributed by atoms with E-state index in [0.29, 0.717) is 6.07 Å². The quantitative estimate of drug-likeness (QED) is 0.759. The number of H-pyrrole nitrogens is 2. The van der Waals surface area contributed by atoms with Crippen molar-refractivity contribution in [1.82, 2.24) is 9.97 Å². The Morgan fingerprint density at radius 2 is 1.81 bits per heavy atom. The molecule has 0 bridgehead atoms. The second-order valence-electron chi connectivity index (χ2n) is 3.11. The average molecular weight is 224 g/mol. The van der Waals surface area contributed by atoms with Gasteiger partial charge in [-0.2, -0.15) is 0 Å². The summed E-state index contributed by atoms with van der Waals surface area (Å²) in [7, 11) is 0. The summed E-state index contributed by atoms with van der Waals surface area (Å²) < 4.78 is 26.0. The third-order valence-electron chi connectivity index (χ3n) is 2.04. The zero-order valence-electron chi connectivity index (χ0n) is 7.88. The van der Waals surface area contributed by atoms with Gasteiger partial charge < -0.3 is 4.98 Å². The SMILES string of the molecule is O=c1[nH]cc(-c2ccc(F)cc2F)c(=O)[nH]1. The second-order valence-corrected chi connectivity index (χ2v) is 3.11. The third kappa shape index (κ3) is 1.77. The first-order chi connectivity index (χ1) is 7.58. The van der Waals surface area contributed by atoms with Crippen LogP contribution in [0.15, 0.2) is 34.0 Å². The number of benzene rings is 1. The highest BCUT2D eigenvalue weighted by Crippen LogP contribution is 2.18. The molecule has 0 unspecified atom stereocenters. The molecular weight excluding hydrogens is 218 g/mol. The topological polar surface area (TPSA) is 65.7 Å². The van der Waals surface area contributed by atoms with E-state index in [2.05, 4.69) is 4.98 Å². The van der Waals surface area contributed by atoms with Gasteiger partial charge in [0.05, 0.1) is 5.56 Å². The molecule has 1 aromatic heterocycles. The van der Waals surface area contributed by atoms with E-state index >= 15 is 0 Å². The van der Waals surface area contributed by atoms with Crippen LogP contribution in [-0.2, 0) is 0 Å². The first kappa shape index (κ1) is 10.3. The Bertz CT molecular complexity index is 646. The Balaban J connectivity index is 2.68. The Labute approximate surface area is 87.6 Å².